The first-order valence-electron chi connectivity index (χ1n) is 4.25. The van der Waals surface area contributed by atoms with Crippen LogP contribution >= 0.6 is 0 Å². The summed E-state index contributed by atoms with van der Waals surface area (Å²) in [5, 5.41) is 0. The van der Waals surface area contributed by atoms with Crippen LogP contribution in [0.25, 0.3) is 0 Å². The molecule has 1 heterocycles. The Balaban J connectivity index is 2.52. The van der Waals surface area contributed by atoms with Gasteiger partial charge in [-0.05, 0) is 0 Å². The van der Waals surface area contributed by atoms with Gasteiger partial charge in [0.15, 0.2) is 0 Å². The van der Waals surface area contributed by atoms with Crippen LogP contribution < -0.4 is 0 Å². The topological polar surface area (TPSA) is 29.4 Å². The molecule has 0 atom stereocenters. The molecule has 1 aliphatic rings. The lowest BCUT2D eigenvalue weighted by Gasteiger charge is -2.15. The average Bonchev–Trinajstić information content (AvgIpc) is 2.37. The molecule has 0 aliphatic carbocycles. The molecule has 12 heavy (non-hydrogen) atoms. The largest absolute Gasteiger partial charge is 0.299 e. The molecular formula is C10H15NO. The minimum atomic E-state index is -0.237. The van der Waals surface area contributed by atoms with E-state index in [-0.39, 0.29) is 11.2 Å². The molecule has 0 spiro atoms. The molecule has 0 saturated carbocycles. The molecule has 0 bridgehead atoms. The summed E-state index contributed by atoms with van der Waals surface area (Å²) in [6.45, 7) is 5.82. The zero-order valence-electron chi connectivity index (χ0n) is 7.92. The molecule has 0 N–H and O–H groups in total. The minimum absolute atomic E-state index is 0.237. The summed E-state index contributed by atoms with van der Waals surface area (Å²) in [4.78, 5) is 15.6. The Bertz CT molecular complexity index is 243. The molecule has 0 aromatic rings. The van der Waals surface area contributed by atoms with E-state index in [4.69, 9.17) is 0 Å². The normalized spacial score (nSPS) is 16.4. The first kappa shape index (κ1) is 9.17. The molecule has 2 nitrogen and oxygen atoms in total. The van der Waals surface area contributed by atoms with Gasteiger partial charge in [0.05, 0.1) is 0 Å². The van der Waals surface area contributed by atoms with Gasteiger partial charge in [0, 0.05) is 30.2 Å². The third kappa shape index (κ3) is 2.29. The zero-order valence-corrected chi connectivity index (χ0v) is 7.92. The van der Waals surface area contributed by atoms with Gasteiger partial charge in [-0.25, -0.2) is 0 Å². The molecule has 0 aromatic heterocycles. The van der Waals surface area contributed by atoms with E-state index < -0.39 is 0 Å². The molecule has 0 unspecified atom stereocenters. The summed E-state index contributed by atoms with van der Waals surface area (Å²) in [6.07, 6.45) is 5.21. The van der Waals surface area contributed by atoms with Crippen molar-refractivity contribution in [1.29, 1.82) is 0 Å². The Morgan fingerprint density at radius 3 is 2.67 bits per heavy atom. The number of hydrogen-bond donors (Lipinski definition) is 0. The summed E-state index contributed by atoms with van der Waals surface area (Å²) < 4.78 is 0. The Hall–Kier alpha value is -0.920. The van der Waals surface area contributed by atoms with Gasteiger partial charge in [0.1, 0.15) is 5.78 Å². The summed E-state index contributed by atoms with van der Waals surface area (Å²) in [7, 11) is 0. The number of Topliss-reactive ketones (excluding diaryl/α,β-unsaturated/α-hetero) is 1. The number of carbonyl (C=O) groups is 1. The second-order valence-electron chi connectivity index (χ2n) is 4.09. The fourth-order valence-electron chi connectivity index (χ4n) is 0.959. The smallest absolute Gasteiger partial charge is 0.144 e. The van der Waals surface area contributed by atoms with Crippen molar-refractivity contribution < 1.29 is 4.79 Å². The van der Waals surface area contributed by atoms with Crippen LogP contribution in [0.2, 0.25) is 0 Å². The van der Waals surface area contributed by atoms with Crippen molar-refractivity contribution in [3.8, 4) is 0 Å². The molecular weight excluding hydrogens is 150 g/mol. The average molecular weight is 165 g/mol. The van der Waals surface area contributed by atoms with Crippen LogP contribution in [-0.2, 0) is 4.79 Å². The maximum absolute atomic E-state index is 11.5. The summed E-state index contributed by atoms with van der Waals surface area (Å²) >= 11 is 0. The second kappa shape index (κ2) is 3.21. The van der Waals surface area contributed by atoms with Crippen molar-refractivity contribution in [3.05, 3.63) is 11.8 Å². The molecule has 0 radical (unpaired) electrons. The summed E-state index contributed by atoms with van der Waals surface area (Å²) in [5.74, 6) is 0.257. The van der Waals surface area contributed by atoms with Crippen molar-refractivity contribution in [1.82, 2.24) is 0 Å². The second-order valence-corrected chi connectivity index (χ2v) is 4.09. The molecule has 0 fully saturated rings. The van der Waals surface area contributed by atoms with Gasteiger partial charge >= 0.3 is 0 Å². The van der Waals surface area contributed by atoms with Gasteiger partial charge in [0.2, 0.25) is 0 Å². The zero-order chi connectivity index (χ0) is 9.19. The van der Waals surface area contributed by atoms with Crippen LogP contribution in [0.4, 0.5) is 0 Å². The van der Waals surface area contributed by atoms with Gasteiger partial charge in [0.25, 0.3) is 0 Å². The first-order chi connectivity index (χ1) is 5.50. The molecule has 0 aromatic carbocycles. The highest BCUT2D eigenvalue weighted by Gasteiger charge is 2.22. The van der Waals surface area contributed by atoms with Crippen LogP contribution in [0.3, 0.4) is 0 Å². The van der Waals surface area contributed by atoms with Gasteiger partial charge in [-0.1, -0.05) is 26.8 Å². The van der Waals surface area contributed by atoms with Crippen molar-refractivity contribution in [2.45, 2.75) is 33.6 Å². The van der Waals surface area contributed by atoms with Crippen molar-refractivity contribution in [2.24, 2.45) is 10.4 Å². The molecule has 2 heteroatoms. The number of nitrogens with zero attached hydrogens (tertiary/aromatic N) is 1. The predicted molar refractivity (Wildman–Crippen MR) is 50.3 cm³/mol. The summed E-state index contributed by atoms with van der Waals surface area (Å²) in [6, 6.07) is 0. The highest BCUT2D eigenvalue weighted by atomic mass is 16.1. The van der Waals surface area contributed by atoms with Gasteiger partial charge in [-0.2, -0.15) is 0 Å². The monoisotopic (exact) mass is 165 g/mol. The minimum Gasteiger partial charge on any atom is -0.299 e. The number of hydrogen-bond acceptors (Lipinski definition) is 2. The number of carbonyl (C=O) groups excluding carboxylic acids is 1. The van der Waals surface area contributed by atoms with Crippen molar-refractivity contribution in [3.63, 3.8) is 0 Å². The molecule has 0 saturated heterocycles. The maximum atomic E-state index is 11.5. The molecule has 0 amide bonds. The fraction of sp³-hybridized carbons (Fsp3) is 0.600. The lowest BCUT2D eigenvalue weighted by atomic mass is 9.88. The third-order valence-corrected chi connectivity index (χ3v) is 1.89. The highest BCUT2D eigenvalue weighted by molar-refractivity contribution is 5.86. The van der Waals surface area contributed by atoms with Crippen LogP contribution in [0.15, 0.2) is 16.8 Å². The quantitative estimate of drug-likeness (QED) is 0.617. The van der Waals surface area contributed by atoms with E-state index in [9.17, 15) is 4.79 Å². The Labute approximate surface area is 73.4 Å². The van der Waals surface area contributed by atoms with E-state index in [0.29, 0.717) is 6.42 Å². The van der Waals surface area contributed by atoms with Gasteiger partial charge < -0.3 is 0 Å². The highest BCUT2D eigenvalue weighted by Crippen LogP contribution is 2.21. The lowest BCUT2D eigenvalue weighted by Crippen LogP contribution is -2.19. The molecule has 66 valence electrons. The van der Waals surface area contributed by atoms with E-state index in [1.807, 2.05) is 33.1 Å². The van der Waals surface area contributed by atoms with Gasteiger partial charge in [-0.15, -0.1) is 0 Å². The molecule has 1 aliphatic heterocycles. The third-order valence-electron chi connectivity index (χ3n) is 1.89. The van der Waals surface area contributed by atoms with E-state index in [1.165, 1.54) is 0 Å². The SMILES string of the molecule is CC(C)(C)C(=O)CC1=CCC=N1. The standard InChI is InChI=1S/C10H15NO/c1-10(2,3)9(12)7-8-5-4-6-11-8/h5-6H,4,7H2,1-3H3. The van der Waals surface area contributed by atoms with Crippen LogP contribution in [0.5, 0.6) is 0 Å². The fourth-order valence-corrected chi connectivity index (χ4v) is 0.959. The Kier molecular flexibility index (Phi) is 2.46. The van der Waals surface area contributed by atoms with E-state index in [0.717, 1.165) is 12.1 Å². The number of allylic oxidation sites excluding steroid dienone is 2. The van der Waals surface area contributed by atoms with Crippen LogP contribution in [-0.4, -0.2) is 12.0 Å². The van der Waals surface area contributed by atoms with Crippen LogP contribution in [0.1, 0.15) is 33.6 Å². The summed E-state index contributed by atoms with van der Waals surface area (Å²) in [5.41, 5.74) is 0.689. The van der Waals surface area contributed by atoms with E-state index >= 15 is 0 Å². The van der Waals surface area contributed by atoms with Crippen molar-refractivity contribution >= 4 is 12.0 Å². The van der Waals surface area contributed by atoms with Crippen molar-refractivity contribution in [2.75, 3.05) is 0 Å². The van der Waals surface area contributed by atoms with E-state index in [1.54, 1.807) is 0 Å². The number of aliphatic imine (C=N–C) groups is 1. The lowest BCUT2D eigenvalue weighted by molar-refractivity contribution is -0.125. The predicted octanol–water partition coefficient (Wildman–Crippen LogP) is 2.35. The van der Waals surface area contributed by atoms with Crippen LogP contribution in [0, 0.1) is 5.41 Å². The Morgan fingerprint density at radius 2 is 2.25 bits per heavy atom. The molecule has 1 rings (SSSR count). The first-order valence-corrected chi connectivity index (χ1v) is 4.25. The van der Waals surface area contributed by atoms with E-state index in [2.05, 4.69) is 4.99 Å². The number of rotatable bonds is 2. The maximum Gasteiger partial charge on any atom is 0.144 e. The van der Waals surface area contributed by atoms with Gasteiger partial charge in [-0.3, -0.25) is 9.79 Å². The Morgan fingerprint density at radius 1 is 1.58 bits per heavy atom. The number of ketones is 1.